The number of imidazole rings is 1. The molecule has 0 aliphatic carbocycles. The van der Waals surface area contributed by atoms with Crippen LogP contribution in [0.5, 0.6) is 0 Å². The van der Waals surface area contributed by atoms with Gasteiger partial charge in [0.15, 0.2) is 11.5 Å². The SMILES string of the molecule is Cc1cccc(-n2nc(NCc3ccc(Cl)cc3)cc2-c2ccc3nccn3n2)n1. The summed E-state index contributed by atoms with van der Waals surface area (Å²) in [6.45, 7) is 2.59. The molecule has 8 heteroatoms. The van der Waals surface area contributed by atoms with Gasteiger partial charge in [0.1, 0.15) is 11.5 Å². The molecule has 5 rings (SSSR count). The third-order valence-corrected chi connectivity index (χ3v) is 4.96. The summed E-state index contributed by atoms with van der Waals surface area (Å²) in [5.41, 5.74) is 4.43. The molecule has 4 aromatic heterocycles. The van der Waals surface area contributed by atoms with Crippen molar-refractivity contribution in [2.24, 2.45) is 0 Å². The second kappa shape index (κ2) is 7.61. The van der Waals surface area contributed by atoms with Crippen molar-refractivity contribution in [1.82, 2.24) is 29.4 Å². The Morgan fingerprint density at radius 3 is 2.70 bits per heavy atom. The number of hydrogen-bond donors (Lipinski definition) is 1. The lowest BCUT2D eigenvalue weighted by Gasteiger charge is -2.07. The molecule has 0 saturated carbocycles. The van der Waals surface area contributed by atoms with E-state index in [1.807, 2.05) is 78.5 Å². The Morgan fingerprint density at radius 1 is 1.00 bits per heavy atom. The smallest absolute Gasteiger partial charge is 0.154 e. The minimum atomic E-state index is 0.628. The predicted molar refractivity (Wildman–Crippen MR) is 117 cm³/mol. The molecule has 0 fully saturated rings. The lowest BCUT2D eigenvalue weighted by molar-refractivity contribution is 0.835. The molecule has 0 bridgehead atoms. The highest BCUT2D eigenvalue weighted by atomic mass is 35.5. The van der Waals surface area contributed by atoms with Crippen LogP contribution in [0, 0.1) is 6.92 Å². The van der Waals surface area contributed by atoms with Crippen molar-refractivity contribution in [1.29, 1.82) is 0 Å². The first-order valence-corrected chi connectivity index (χ1v) is 9.87. The minimum absolute atomic E-state index is 0.628. The molecule has 0 aliphatic rings. The zero-order valence-corrected chi connectivity index (χ0v) is 17.0. The van der Waals surface area contributed by atoms with Crippen LogP contribution in [0.15, 0.2) is 73.1 Å². The number of nitrogens with one attached hydrogen (secondary N) is 1. The quantitative estimate of drug-likeness (QED) is 0.456. The maximum absolute atomic E-state index is 5.98. The van der Waals surface area contributed by atoms with Crippen molar-refractivity contribution in [2.75, 3.05) is 5.32 Å². The van der Waals surface area contributed by atoms with Crippen molar-refractivity contribution < 1.29 is 0 Å². The fraction of sp³-hybridized carbons (Fsp3) is 0.0909. The summed E-state index contributed by atoms with van der Waals surface area (Å²) in [7, 11) is 0. The molecule has 0 atom stereocenters. The molecule has 0 unspecified atom stereocenters. The summed E-state index contributed by atoms with van der Waals surface area (Å²) in [6.07, 6.45) is 3.55. The molecule has 148 valence electrons. The number of benzene rings is 1. The fourth-order valence-electron chi connectivity index (χ4n) is 3.22. The van der Waals surface area contributed by atoms with E-state index in [9.17, 15) is 0 Å². The molecule has 1 aromatic carbocycles. The van der Waals surface area contributed by atoms with Gasteiger partial charge >= 0.3 is 0 Å². The highest BCUT2D eigenvalue weighted by molar-refractivity contribution is 6.30. The van der Waals surface area contributed by atoms with E-state index in [-0.39, 0.29) is 0 Å². The topological polar surface area (TPSA) is 72.9 Å². The van der Waals surface area contributed by atoms with Crippen LogP contribution in [0.25, 0.3) is 22.9 Å². The normalized spacial score (nSPS) is 11.1. The van der Waals surface area contributed by atoms with Gasteiger partial charge in [0.25, 0.3) is 0 Å². The average molecular weight is 416 g/mol. The number of nitrogens with zero attached hydrogens (tertiary/aromatic N) is 6. The lowest BCUT2D eigenvalue weighted by atomic mass is 10.2. The highest BCUT2D eigenvalue weighted by Gasteiger charge is 2.15. The maximum Gasteiger partial charge on any atom is 0.154 e. The largest absolute Gasteiger partial charge is 0.364 e. The Labute approximate surface area is 178 Å². The molecular formula is C22H18ClN7. The molecule has 30 heavy (non-hydrogen) atoms. The summed E-state index contributed by atoms with van der Waals surface area (Å²) in [4.78, 5) is 8.90. The van der Waals surface area contributed by atoms with Crippen LogP contribution < -0.4 is 5.32 Å². The molecule has 0 radical (unpaired) electrons. The van der Waals surface area contributed by atoms with Gasteiger partial charge in [0.05, 0.1) is 5.69 Å². The summed E-state index contributed by atoms with van der Waals surface area (Å²) in [5.74, 6) is 1.47. The van der Waals surface area contributed by atoms with E-state index in [4.69, 9.17) is 16.7 Å². The van der Waals surface area contributed by atoms with Crippen molar-refractivity contribution in [3.8, 4) is 17.2 Å². The predicted octanol–water partition coefficient (Wildman–Crippen LogP) is 4.55. The summed E-state index contributed by atoms with van der Waals surface area (Å²) in [6, 6.07) is 19.4. The Morgan fingerprint density at radius 2 is 1.87 bits per heavy atom. The number of rotatable bonds is 5. The van der Waals surface area contributed by atoms with E-state index in [1.165, 1.54) is 0 Å². The second-order valence-electron chi connectivity index (χ2n) is 6.89. The van der Waals surface area contributed by atoms with Crippen molar-refractivity contribution in [3.63, 3.8) is 0 Å². The van der Waals surface area contributed by atoms with Crippen LogP contribution in [0.4, 0.5) is 5.82 Å². The van der Waals surface area contributed by atoms with Crippen LogP contribution in [-0.4, -0.2) is 29.4 Å². The van der Waals surface area contributed by atoms with Gasteiger partial charge in [-0.15, -0.1) is 5.10 Å². The number of aryl methyl sites for hydroxylation is 1. The Bertz CT molecular complexity index is 1320. The van der Waals surface area contributed by atoms with Crippen molar-refractivity contribution >= 4 is 23.1 Å². The number of fused-ring (bicyclic) bond motifs is 1. The first-order chi connectivity index (χ1) is 14.7. The van der Waals surface area contributed by atoms with E-state index < -0.39 is 0 Å². The van der Waals surface area contributed by atoms with Crippen LogP contribution in [0.1, 0.15) is 11.3 Å². The lowest BCUT2D eigenvalue weighted by Crippen LogP contribution is -2.05. The van der Waals surface area contributed by atoms with Gasteiger partial charge in [-0.1, -0.05) is 29.8 Å². The van der Waals surface area contributed by atoms with Gasteiger partial charge in [-0.05, 0) is 48.9 Å². The molecule has 4 heterocycles. The van der Waals surface area contributed by atoms with Gasteiger partial charge in [0.2, 0.25) is 0 Å². The van der Waals surface area contributed by atoms with Crippen LogP contribution in [0.3, 0.4) is 0 Å². The second-order valence-corrected chi connectivity index (χ2v) is 7.33. The molecule has 0 spiro atoms. The maximum atomic E-state index is 5.98. The van der Waals surface area contributed by atoms with Crippen molar-refractivity contribution in [2.45, 2.75) is 13.5 Å². The van der Waals surface area contributed by atoms with E-state index in [1.54, 1.807) is 10.7 Å². The van der Waals surface area contributed by atoms with E-state index >= 15 is 0 Å². The molecule has 0 aliphatic heterocycles. The summed E-state index contributed by atoms with van der Waals surface area (Å²) < 4.78 is 3.56. The van der Waals surface area contributed by atoms with Crippen LogP contribution in [0.2, 0.25) is 5.02 Å². The number of hydrogen-bond acceptors (Lipinski definition) is 5. The Balaban J connectivity index is 1.54. The van der Waals surface area contributed by atoms with Gasteiger partial charge in [-0.25, -0.2) is 19.2 Å². The molecule has 1 N–H and O–H groups in total. The fourth-order valence-corrected chi connectivity index (χ4v) is 3.34. The third kappa shape index (κ3) is 3.62. The van der Waals surface area contributed by atoms with Gasteiger partial charge in [-0.2, -0.15) is 5.10 Å². The number of halogens is 1. The number of pyridine rings is 1. The first kappa shape index (κ1) is 18.3. The summed E-state index contributed by atoms with van der Waals surface area (Å²) in [5, 5.41) is 13.5. The Kier molecular flexibility index (Phi) is 4.65. The first-order valence-electron chi connectivity index (χ1n) is 9.49. The summed E-state index contributed by atoms with van der Waals surface area (Å²) >= 11 is 5.98. The zero-order chi connectivity index (χ0) is 20.5. The number of anilines is 1. The van der Waals surface area contributed by atoms with E-state index in [2.05, 4.69) is 20.4 Å². The average Bonchev–Trinajstić information content (AvgIpc) is 3.40. The molecule has 0 saturated heterocycles. The van der Waals surface area contributed by atoms with Gasteiger partial charge < -0.3 is 5.32 Å². The molecule has 0 amide bonds. The molecular weight excluding hydrogens is 398 g/mol. The van der Waals surface area contributed by atoms with Gasteiger partial charge in [0, 0.05) is 35.7 Å². The minimum Gasteiger partial charge on any atom is -0.364 e. The van der Waals surface area contributed by atoms with Crippen LogP contribution >= 0.6 is 11.6 Å². The van der Waals surface area contributed by atoms with E-state index in [0.29, 0.717) is 6.54 Å². The van der Waals surface area contributed by atoms with Crippen LogP contribution in [-0.2, 0) is 6.54 Å². The standard InChI is InChI=1S/C22H18ClN7/c1-15-3-2-4-22(26-15)30-19(18-9-10-21-24-11-12-29(21)27-18)13-20(28-30)25-14-16-5-7-17(23)8-6-16/h2-13H,14H2,1H3,(H,25,28). The molecule has 5 aromatic rings. The number of aromatic nitrogens is 6. The van der Waals surface area contributed by atoms with Gasteiger partial charge in [-0.3, -0.25) is 0 Å². The zero-order valence-electron chi connectivity index (χ0n) is 16.2. The Hall–Kier alpha value is -3.71. The van der Waals surface area contributed by atoms with Crippen molar-refractivity contribution in [3.05, 3.63) is 89.3 Å². The third-order valence-electron chi connectivity index (χ3n) is 4.70. The molecule has 7 nitrogen and oxygen atoms in total. The monoisotopic (exact) mass is 415 g/mol. The van der Waals surface area contributed by atoms with E-state index in [0.717, 1.165) is 45.0 Å². The highest BCUT2D eigenvalue weighted by Crippen LogP contribution is 2.25.